The van der Waals surface area contributed by atoms with Crippen molar-refractivity contribution in [2.45, 2.75) is 71.3 Å². The van der Waals surface area contributed by atoms with Gasteiger partial charge in [-0.05, 0) is 74.5 Å². The third kappa shape index (κ3) is 3.91. The van der Waals surface area contributed by atoms with E-state index >= 15 is 0 Å². The largest absolute Gasteiger partial charge is 0.339 e. The number of amides is 2. The maximum atomic E-state index is 13.5. The SMILES string of the molecule is CCC1CC1CCN1CC(CC)N(C(=O)c2nn3c(C)cc(C4CC4)cc3c2Cl)CC1=O. The molecule has 2 aliphatic carbocycles. The summed E-state index contributed by atoms with van der Waals surface area (Å²) in [5, 5.41) is 4.97. The summed E-state index contributed by atoms with van der Waals surface area (Å²) in [5.74, 6) is 2.01. The maximum Gasteiger partial charge on any atom is 0.276 e. The Kier molecular flexibility index (Phi) is 5.68. The van der Waals surface area contributed by atoms with Crippen molar-refractivity contribution in [2.75, 3.05) is 19.6 Å². The summed E-state index contributed by atoms with van der Waals surface area (Å²) in [6, 6.07) is 4.20. The number of aryl methyl sites for hydroxylation is 1. The Labute approximate surface area is 194 Å². The van der Waals surface area contributed by atoms with Crippen LogP contribution in [-0.2, 0) is 4.79 Å². The average Bonchev–Trinajstić information content (AvgIpc) is 3.71. The normalized spacial score (nSPS) is 25.6. The van der Waals surface area contributed by atoms with Crippen LogP contribution < -0.4 is 0 Å². The molecule has 3 unspecified atom stereocenters. The van der Waals surface area contributed by atoms with Gasteiger partial charge in [-0.3, -0.25) is 9.59 Å². The Hall–Kier alpha value is -2.08. The zero-order chi connectivity index (χ0) is 22.6. The third-order valence-corrected chi connectivity index (χ3v) is 8.12. The topological polar surface area (TPSA) is 57.9 Å². The van der Waals surface area contributed by atoms with Crippen molar-refractivity contribution >= 4 is 28.9 Å². The number of aromatic nitrogens is 2. The second kappa shape index (κ2) is 8.36. The monoisotopic (exact) mass is 456 g/mol. The maximum absolute atomic E-state index is 13.5. The van der Waals surface area contributed by atoms with E-state index in [1.807, 2.05) is 11.8 Å². The molecule has 172 valence electrons. The molecule has 3 aliphatic rings. The van der Waals surface area contributed by atoms with Gasteiger partial charge in [-0.15, -0.1) is 0 Å². The van der Waals surface area contributed by atoms with E-state index in [0.717, 1.165) is 42.4 Å². The molecule has 6 nitrogen and oxygen atoms in total. The van der Waals surface area contributed by atoms with Crippen LogP contribution in [0, 0.1) is 18.8 Å². The molecule has 0 bridgehead atoms. The molecule has 2 aromatic rings. The van der Waals surface area contributed by atoms with E-state index in [-0.39, 0.29) is 30.1 Å². The molecule has 0 radical (unpaired) electrons. The Bertz CT molecular complexity index is 1060. The molecule has 2 amide bonds. The first-order valence-electron chi connectivity index (χ1n) is 12.2. The number of carbonyl (C=O) groups excluding carboxylic acids is 2. The smallest absolute Gasteiger partial charge is 0.276 e. The van der Waals surface area contributed by atoms with Gasteiger partial charge in [-0.2, -0.15) is 5.10 Å². The average molecular weight is 457 g/mol. The van der Waals surface area contributed by atoms with Crippen molar-refractivity contribution < 1.29 is 9.59 Å². The number of hydrogen-bond donors (Lipinski definition) is 0. The van der Waals surface area contributed by atoms with Gasteiger partial charge < -0.3 is 9.80 Å². The van der Waals surface area contributed by atoms with E-state index in [2.05, 4.69) is 31.1 Å². The van der Waals surface area contributed by atoms with Crippen molar-refractivity contribution in [3.8, 4) is 0 Å². The van der Waals surface area contributed by atoms with Gasteiger partial charge in [-0.1, -0.05) is 31.9 Å². The molecule has 3 atom stereocenters. The summed E-state index contributed by atoms with van der Waals surface area (Å²) in [6.07, 6.45) is 6.82. The lowest BCUT2D eigenvalue weighted by Gasteiger charge is -2.40. The second-order valence-corrected chi connectivity index (χ2v) is 10.3. The van der Waals surface area contributed by atoms with Crippen LogP contribution in [0.1, 0.15) is 80.0 Å². The molecule has 2 aromatic heterocycles. The molecule has 32 heavy (non-hydrogen) atoms. The second-order valence-electron chi connectivity index (χ2n) is 9.95. The molecule has 1 saturated heterocycles. The summed E-state index contributed by atoms with van der Waals surface area (Å²) < 4.78 is 1.76. The lowest BCUT2D eigenvalue weighted by Crippen LogP contribution is -2.58. The highest BCUT2D eigenvalue weighted by molar-refractivity contribution is 6.36. The van der Waals surface area contributed by atoms with Crippen LogP contribution in [-0.4, -0.2) is 56.9 Å². The van der Waals surface area contributed by atoms with E-state index in [9.17, 15) is 9.59 Å². The highest BCUT2D eigenvalue weighted by Gasteiger charge is 2.39. The number of nitrogens with zero attached hydrogens (tertiary/aromatic N) is 4. The number of piperazine rings is 1. The highest BCUT2D eigenvalue weighted by Crippen LogP contribution is 2.44. The van der Waals surface area contributed by atoms with Gasteiger partial charge in [0.15, 0.2) is 5.69 Å². The standard InChI is InChI=1S/C25H33ClN4O2/c1-4-16-11-18(16)8-9-28-13-20(5-2)29(14-22(28)31)25(32)24-23(26)21-12-19(17-6-7-17)10-15(3)30(21)27-24/h10,12,16-18,20H,4-9,11,13-14H2,1-3H3. The van der Waals surface area contributed by atoms with Crippen LogP contribution in [0.15, 0.2) is 12.1 Å². The quantitative estimate of drug-likeness (QED) is 0.608. The Morgan fingerprint density at radius 2 is 1.97 bits per heavy atom. The molecule has 7 heteroatoms. The number of hydrogen-bond acceptors (Lipinski definition) is 3. The minimum absolute atomic E-state index is 0.00891. The Morgan fingerprint density at radius 3 is 2.62 bits per heavy atom. The summed E-state index contributed by atoms with van der Waals surface area (Å²) in [6.45, 7) is 7.82. The molecule has 5 rings (SSSR count). The van der Waals surface area contributed by atoms with Gasteiger partial charge >= 0.3 is 0 Å². The van der Waals surface area contributed by atoms with Crippen molar-refractivity contribution in [1.29, 1.82) is 0 Å². The molecular formula is C25H33ClN4O2. The van der Waals surface area contributed by atoms with Gasteiger partial charge in [0.25, 0.3) is 5.91 Å². The predicted octanol–water partition coefficient (Wildman–Crippen LogP) is 4.67. The van der Waals surface area contributed by atoms with Crippen LogP contribution in [0.3, 0.4) is 0 Å². The summed E-state index contributed by atoms with van der Waals surface area (Å²) in [7, 11) is 0. The first-order chi connectivity index (χ1) is 15.4. The van der Waals surface area contributed by atoms with Crippen LogP contribution in [0.5, 0.6) is 0 Å². The first-order valence-corrected chi connectivity index (χ1v) is 12.6. The molecule has 0 aromatic carbocycles. The van der Waals surface area contributed by atoms with Crippen molar-refractivity contribution in [1.82, 2.24) is 19.4 Å². The zero-order valence-corrected chi connectivity index (χ0v) is 20.1. The number of pyridine rings is 1. The minimum atomic E-state index is -0.237. The number of rotatable bonds is 7. The van der Waals surface area contributed by atoms with E-state index in [1.165, 1.54) is 31.2 Å². The molecular weight excluding hydrogens is 424 g/mol. The van der Waals surface area contributed by atoms with Gasteiger partial charge in [0.1, 0.15) is 6.54 Å². The van der Waals surface area contributed by atoms with Gasteiger partial charge in [0.05, 0.1) is 10.5 Å². The van der Waals surface area contributed by atoms with Crippen LogP contribution >= 0.6 is 11.6 Å². The highest BCUT2D eigenvalue weighted by atomic mass is 35.5. The van der Waals surface area contributed by atoms with Crippen LogP contribution in [0.4, 0.5) is 0 Å². The molecule has 2 saturated carbocycles. The van der Waals surface area contributed by atoms with Crippen LogP contribution in [0.25, 0.3) is 5.52 Å². The molecule has 0 N–H and O–H groups in total. The van der Waals surface area contributed by atoms with E-state index in [1.54, 1.807) is 9.42 Å². The lowest BCUT2D eigenvalue weighted by molar-refractivity contribution is -0.137. The Morgan fingerprint density at radius 1 is 1.19 bits per heavy atom. The predicted molar refractivity (Wildman–Crippen MR) is 125 cm³/mol. The van der Waals surface area contributed by atoms with Gasteiger partial charge in [0, 0.05) is 24.8 Å². The number of fused-ring (bicyclic) bond motifs is 1. The van der Waals surface area contributed by atoms with Gasteiger partial charge in [0.2, 0.25) is 5.91 Å². The molecule has 3 heterocycles. The van der Waals surface area contributed by atoms with Crippen LogP contribution in [0.2, 0.25) is 5.02 Å². The zero-order valence-electron chi connectivity index (χ0n) is 19.3. The van der Waals surface area contributed by atoms with Crippen molar-refractivity contribution in [3.05, 3.63) is 34.1 Å². The number of carbonyl (C=O) groups is 2. The fourth-order valence-electron chi connectivity index (χ4n) is 5.35. The van der Waals surface area contributed by atoms with E-state index < -0.39 is 0 Å². The number of halogens is 1. The molecule has 3 fully saturated rings. The van der Waals surface area contributed by atoms with E-state index in [4.69, 9.17) is 11.6 Å². The summed E-state index contributed by atoms with van der Waals surface area (Å²) in [4.78, 5) is 30.1. The van der Waals surface area contributed by atoms with E-state index in [0.29, 0.717) is 17.5 Å². The fourth-order valence-corrected chi connectivity index (χ4v) is 5.60. The Balaban J connectivity index is 1.34. The first kappa shape index (κ1) is 21.7. The molecule has 1 aliphatic heterocycles. The summed E-state index contributed by atoms with van der Waals surface area (Å²) in [5.41, 5.74) is 3.28. The lowest BCUT2D eigenvalue weighted by atomic mass is 10.1. The van der Waals surface area contributed by atoms with Crippen molar-refractivity contribution in [2.24, 2.45) is 11.8 Å². The minimum Gasteiger partial charge on any atom is -0.339 e. The van der Waals surface area contributed by atoms with Gasteiger partial charge in [-0.25, -0.2) is 4.52 Å². The summed E-state index contributed by atoms with van der Waals surface area (Å²) >= 11 is 6.69. The molecule has 0 spiro atoms. The fraction of sp³-hybridized carbons (Fsp3) is 0.640. The van der Waals surface area contributed by atoms with Crippen molar-refractivity contribution in [3.63, 3.8) is 0 Å². The third-order valence-electron chi connectivity index (χ3n) is 7.75.